The molecule has 0 aliphatic heterocycles. The van der Waals surface area contributed by atoms with Crippen LogP contribution in [0.1, 0.15) is 29.9 Å². The Bertz CT molecular complexity index is 637. The van der Waals surface area contributed by atoms with Gasteiger partial charge in [0.2, 0.25) is 0 Å². The van der Waals surface area contributed by atoms with Gasteiger partial charge in [-0.3, -0.25) is 4.79 Å². The maximum atomic E-state index is 12.5. The third-order valence-corrected chi connectivity index (χ3v) is 3.10. The predicted molar refractivity (Wildman–Crippen MR) is 86.9 cm³/mol. The molecule has 2 aromatic rings. The van der Waals surface area contributed by atoms with Crippen LogP contribution in [0.5, 0.6) is 0 Å². The van der Waals surface area contributed by atoms with E-state index in [0.29, 0.717) is 11.5 Å². The second kappa shape index (κ2) is 6.39. The lowest BCUT2D eigenvalue weighted by Crippen LogP contribution is -2.27. The van der Waals surface area contributed by atoms with Crippen LogP contribution in [0, 0.1) is 6.92 Å². The largest absolute Gasteiger partial charge is 0.368 e. The van der Waals surface area contributed by atoms with Crippen LogP contribution in [0.15, 0.2) is 42.5 Å². The third-order valence-electron chi connectivity index (χ3n) is 3.10. The van der Waals surface area contributed by atoms with Crippen molar-refractivity contribution in [2.45, 2.75) is 26.8 Å². The molecule has 0 aliphatic carbocycles. The summed E-state index contributed by atoms with van der Waals surface area (Å²) in [4.78, 5) is 18.5. The van der Waals surface area contributed by atoms with E-state index in [1.165, 1.54) is 0 Å². The molecule has 0 fully saturated rings. The van der Waals surface area contributed by atoms with Crippen LogP contribution in [0.25, 0.3) is 0 Å². The summed E-state index contributed by atoms with van der Waals surface area (Å²) in [5, 5.41) is 3.21. The standard InChI is InChI=1S/C17H21N3O/c1-12(2)18-16-10-6-9-15(19-16)17(21)20(4)14-8-5-7-13(3)11-14/h5-12H,1-4H3,(H,18,19). The molecule has 0 saturated carbocycles. The van der Waals surface area contributed by atoms with Gasteiger partial charge in [-0.25, -0.2) is 4.98 Å². The van der Waals surface area contributed by atoms with Crippen molar-refractivity contribution in [3.63, 3.8) is 0 Å². The minimum absolute atomic E-state index is 0.118. The van der Waals surface area contributed by atoms with Crippen LogP contribution in [-0.4, -0.2) is 24.0 Å². The molecular formula is C17H21N3O. The van der Waals surface area contributed by atoms with E-state index in [1.54, 1.807) is 18.0 Å². The average Bonchev–Trinajstić information content (AvgIpc) is 2.45. The van der Waals surface area contributed by atoms with Crippen molar-refractivity contribution >= 4 is 17.4 Å². The first-order valence-electron chi connectivity index (χ1n) is 7.05. The van der Waals surface area contributed by atoms with Gasteiger partial charge in [0.15, 0.2) is 0 Å². The highest BCUT2D eigenvalue weighted by Gasteiger charge is 2.15. The maximum absolute atomic E-state index is 12.5. The summed E-state index contributed by atoms with van der Waals surface area (Å²) in [7, 11) is 1.77. The van der Waals surface area contributed by atoms with Gasteiger partial charge in [0, 0.05) is 18.8 Å². The number of benzene rings is 1. The van der Waals surface area contributed by atoms with E-state index in [2.05, 4.69) is 10.3 Å². The quantitative estimate of drug-likeness (QED) is 0.934. The van der Waals surface area contributed by atoms with Gasteiger partial charge in [0.1, 0.15) is 11.5 Å². The van der Waals surface area contributed by atoms with E-state index in [4.69, 9.17) is 0 Å². The maximum Gasteiger partial charge on any atom is 0.276 e. The van der Waals surface area contributed by atoms with Crippen molar-refractivity contribution in [1.82, 2.24) is 4.98 Å². The Hall–Kier alpha value is -2.36. The molecule has 1 heterocycles. The molecule has 21 heavy (non-hydrogen) atoms. The summed E-state index contributed by atoms with van der Waals surface area (Å²) in [6, 6.07) is 13.6. The minimum atomic E-state index is -0.118. The number of carbonyl (C=O) groups excluding carboxylic acids is 1. The van der Waals surface area contributed by atoms with Gasteiger partial charge in [-0.05, 0) is 50.6 Å². The highest BCUT2D eigenvalue weighted by Crippen LogP contribution is 2.17. The number of anilines is 2. The number of rotatable bonds is 4. The van der Waals surface area contributed by atoms with Crippen molar-refractivity contribution in [3.8, 4) is 0 Å². The van der Waals surface area contributed by atoms with E-state index in [1.807, 2.05) is 57.2 Å². The number of nitrogens with zero attached hydrogens (tertiary/aromatic N) is 2. The van der Waals surface area contributed by atoms with Crippen molar-refractivity contribution in [2.75, 3.05) is 17.3 Å². The van der Waals surface area contributed by atoms with Gasteiger partial charge >= 0.3 is 0 Å². The molecule has 0 radical (unpaired) electrons. The normalized spacial score (nSPS) is 10.5. The second-order valence-corrected chi connectivity index (χ2v) is 5.41. The van der Waals surface area contributed by atoms with Gasteiger partial charge in [-0.15, -0.1) is 0 Å². The fourth-order valence-corrected chi connectivity index (χ4v) is 2.06. The number of nitrogens with one attached hydrogen (secondary N) is 1. The molecule has 0 unspecified atom stereocenters. The number of hydrogen-bond donors (Lipinski definition) is 1. The molecule has 4 nitrogen and oxygen atoms in total. The number of pyridine rings is 1. The molecule has 4 heteroatoms. The van der Waals surface area contributed by atoms with E-state index in [0.717, 1.165) is 11.3 Å². The van der Waals surface area contributed by atoms with Gasteiger partial charge in [-0.1, -0.05) is 18.2 Å². The monoisotopic (exact) mass is 283 g/mol. The summed E-state index contributed by atoms with van der Waals surface area (Å²) >= 11 is 0. The lowest BCUT2D eigenvalue weighted by Gasteiger charge is -2.18. The summed E-state index contributed by atoms with van der Waals surface area (Å²) in [5.41, 5.74) is 2.42. The fourth-order valence-electron chi connectivity index (χ4n) is 2.06. The smallest absolute Gasteiger partial charge is 0.276 e. The molecule has 0 spiro atoms. The highest BCUT2D eigenvalue weighted by molar-refractivity contribution is 6.04. The molecule has 0 aliphatic rings. The number of aryl methyl sites for hydroxylation is 1. The summed E-state index contributed by atoms with van der Waals surface area (Å²) in [6.45, 7) is 6.08. The van der Waals surface area contributed by atoms with Crippen LogP contribution >= 0.6 is 0 Å². The molecule has 1 aromatic carbocycles. The van der Waals surface area contributed by atoms with Crippen LogP contribution in [0.4, 0.5) is 11.5 Å². The Labute approximate surface area is 125 Å². The molecular weight excluding hydrogens is 262 g/mol. The first kappa shape index (κ1) is 15.0. The van der Waals surface area contributed by atoms with E-state index in [-0.39, 0.29) is 11.9 Å². The number of carbonyl (C=O) groups is 1. The van der Waals surface area contributed by atoms with E-state index < -0.39 is 0 Å². The van der Waals surface area contributed by atoms with Crippen molar-refractivity contribution in [1.29, 1.82) is 0 Å². The van der Waals surface area contributed by atoms with Crippen LogP contribution in [0.3, 0.4) is 0 Å². The molecule has 1 amide bonds. The third kappa shape index (κ3) is 3.81. The lowest BCUT2D eigenvalue weighted by atomic mass is 10.2. The van der Waals surface area contributed by atoms with Crippen LogP contribution < -0.4 is 10.2 Å². The Kier molecular flexibility index (Phi) is 4.58. The number of amides is 1. The minimum Gasteiger partial charge on any atom is -0.368 e. The van der Waals surface area contributed by atoms with Crippen molar-refractivity contribution in [3.05, 3.63) is 53.7 Å². The van der Waals surface area contributed by atoms with Crippen LogP contribution in [0.2, 0.25) is 0 Å². The Morgan fingerprint density at radius 3 is 2.57 bits per heavy atom. The molecule has 0 saturated heterocycles. The zero-order valence-corrected chi connectivity index (χ0v) is 12.9. The summed E-state index contributed by atoms with van der Waals surface area (Å²) < 4.78 is 0. The van der Waals surface area contributed by atoms with Crippen molar-refractivity contribution < 1.29 is 4.79 Å². The summed E-state index contributed by atoms with van der Waals surface area (Å²) in [5.74, 6) is 0.599. The van der Waals surface area contributed by atoms with Crippen LogP contribution in [-0.2, 0) is 0 Å². The van der Waals surface area contributed by atoms with E-state index in [9.17, 15) is 4.79 Å². The molecule has 0 atom stereocenters. The fraction of sp³-hybridized carbons (Fsp3) is 0.294. The van der Waals surface area contributed by atoms with E-state index >= 15 is 0 Å². The number of aromatic nitrogens is 1. The zero-order valence-electron chi connectivity index (χ0n) is 12.9. The highest BCUT2D eigenvalue weighted by atomic mass is 16.2. The van der Waals surface area contributed by atoms with Gasteiger partial charge in [0.25, 0.3) is 5.91 Å². The Morgan fingerprint density at radius 1 is 1.19 bits per heavy atom. The van der Waals surface area contributed by atoms with Gasteiger partial charge in [-0.2, -0.15) is 0 Å². The SMILES string of the molecule is Cc1cccc(N(C)C(=O)c2cccc(NC(C)C)n2)c1. The Morgan fingerprint density at radius 2 is 1.90 bits per heavy atom. The molecule has 2 rings (SSSR count). The lowest BCUT2D eigenvalue weighted by molar-refractivity contribution is 0.0988. The van der Waals surface area contributed by atoms with Gasteiger partial charge in [0.05, 0.1) is 0 Å². The Balaban J connectivity index is 2.23. The first-order valence-corrected chi connectivity index (χ1v) is 7.05. The topological polar surface area (TPSA) is 45.2 Å². The molecule has 110 valence electrons. The predicted octanol–water partition coefficient (Wildman–Crippen LogP) is 3.49. The number of hydrogen-bond acceptors (Lipinski definition) is 3. The molecule has 1 N–H and O–H groups in total. The van der Waals surface area contributed by atoms with Gasteiger partial charge < -0.3 is 10.2 Å². The molecule has 1 aromatic heterocycles. The zero-order chi connectivity index (χ0) is 15.4. The molecule has 0 bridgehead atoms. The first-order chi connectivity index (χ1) is 9.97. The summed E-state index contributed by atoms with van der Waals surface area (Å²) in [6.07, 6.45) is 0. The second-order valence-electron chi connectivity index (χ2n) is 5.41. The van der Waals surface area contributed by atoms with Crippen molar-refractivity contribution in [2.24, 2.45) is 0 Å². The average molecular weight is 283 g/mol.